The number of hydrogen-bond acceptors (Lipinski definition) is 5. The second kappa shape index (κ2) is 10.2. The fourth-order valence-electron chi connectivity index (χ4n) is 3.17. The Morgan fingerprint density at radius 1 is 1.25 bits per heavy atom. The van der Waals surface area contributed by atoms with E-state index < -0.39 is 5.91 Å². The maximum Gasteiger partial charge on any atom is 0.248 e. The van der Waals surface area contributed by atoms with Gasteiger partial charge in [-0.15, -0.1) is 11.3 Å². The zero-order valence-electron chi connectivity index (χ0n) is 16.1. The largest absolute Gasteiger partial charge is 0.379 e. The van der Waals surface area contributed by atoms with Gasteiger partial charge < -0.3 is 21.1 Å². The summed E-state index contributed by atoms with van der Waals surface area (Å²) in [6.45, 7) is 4.79. The minimum absolute atomic E-state index is 0.289. The van der Waals surface area contributed by atoms with Crippen molar-refractivity contribution in [3.63, 3.8) is 0 Å². The molecule has 0 radical (unpaired) electrons. The first-order valence-electron chi connectivity index (χ1n) is 9.36. The predicted molar refractivity (Wildman–Crippen MR) is 113 cm³/mol. The maximum atomic E-state index is 11.2. The highest BCUT2D eigenvalue weighted by Crippen LogP contribution is 2.25. The van der Waals surface area contributed by atoms with Crippen molar-refractivity contribution in [2.24, 2.45) is 10.7 Å². The lowest BCUT2D eigenvalue weighted by Gasteiger charge is -2.34. The Kier molecular flexibility index (Phi) is 7.41. The SMILES string of the molecule is CN=C(NCc1ccc(C(N)=O)cc1)NCC(c1cccs1)N1CCOCC1. The average molecular weight is 402 g/mol. The Morgan fingerprint density at radius 2 is 2.00 bits per heavy atom. The molecule has 1 aliphatic rings. The van der Waals surface area contributed by atoms with Crippen molar-refractivity contribution >= 4 is 23.2 Å². The van der Waals surface area contributed by atoms with Crippen molar-refractivity contribution < 1.29 is 9.53 Å². The number of carbonyl (C=O) groups excluding carboxylic acids is 1. The summed E-state index contributed by atoms with van der Waals surface area (Å²) < 4.78 is 5.50. The molecule has 1 amide bonds. The lowest BCUT2D eigenvalue weighted by molar-refractivity contribution is 0.0177. The third kappa shape index (κ3) is 5.54. The van der Waals surface area contributed by atoms with Gasteiger partial charge in [0.05, 0.1) is 19.3 Å². The standard InChI is InChI=1S/C20H27N5O2S/c1-22-20(23-13-15-4-6-16(7-5-15)19(21)26)24-14-17(18-3-2-12-28-18)25-8-10-27-11-9-25/h2-7,12,17H,8-11,13-14H2,1H3,(H2,21,26)(H2,22,23,24). The molecule has 1 atom stereocenters. The van der Waals surface area contributed by atoms with Crippen molar-refractivity contribution in [3.05, 3.63) is 57.8 Å². The van der Waals surface area contributed by atoms with Gasteiger partial charge in [0.2, 0.25) is 5.91 Å². The van der Waals surface area contributed by atoms with Gasteiger partial charge in [0, 0.05) is 43.7 Å². The third-order valence-electron chi connectivity index (χ3n) is 4.74. The molecule has 0 saturated carbocycles. The Morgan fingerprint density at radius 3 is 2.61 bits per heavy atom. The van der Waals surface area contributed by atoms with Crippen molar-refractivity contribution in [1.82, 2.24) is 15.5 Å². The number of primary amides is 1. The maximum absolute atomic E-state index is 11.2. The molecule has 1 fully saturated rings. The summed E-state index contributed by atoms with van der Waals surface area (Å²) in [5.41, 5.74) is 6.84. The highest BCUT2D eigenvalue weighted by Gasteiger charge is 2.23. The van der Waals surface area contributed by atoms with E-state index in [1.54, 1.807) is 30.5 Å². The van der Waals surface area contributed by atoms with Crippen LogP contribution in [0.4, 0.5) is 0 Å². The number of carbonyl (C=O) groups is 1. The van der Waals surface area contributed by atoms with Gasteiger partial charge in [0.25, 0.3) is 0 Å². The summed E-state index contributed by atoms with van der Waals surface area (Å²) in [7, 11) is 1.76. The highest BCUT2D eigenvalue weighted by molar-refractivity contribution is 7.10. The van der Waals surface area contributed by atoms with Gasteiger partial charge in [-0.1, -0.05) is 18.2 Å². The molecule has 2 heterocycles. The first-order valence-corrected chi connectivity index (χ1v) is 10.2. The zero-order valence-corrected chi connectivity index (χ0v) is 16.9. The monoisotopic (exact) mass is 401 g/mol. The van der Waals surface area contributed by atoms with E-state index in [2.05, 4.69) is 38.0 Å². The molecule has 150 valence electrons. The van der Waals surface area contributed by atoms with Crippen LogP contribution in [0.1, 0.15) is 26.8 Å². The topological polar surface area (TPSA) is 92.0 Å². The lowest BCUT2D eigenvalue weighted by atomic mass is 10.1. The molecule has 7 nitrogen and oxygen atoms in total. The first kappa shape index (κ1) is 20.3. The van der Waals surface area contributed by atoms with Crippen LogP contribution in [0.2, 0.25) is 0 Å². The molecular formula is C20H27N5O2S. The summed E-state index contributed by atoms with van der Waals surface area (Å²) >= 11 is 1.78. The van der Waals surface area contributed by atoms with Gasteiger partial charge in [0.15, 0.2) is 5.96 Å². The fraction of sp³-hybridized carbons (Fsp3) is 0.400. The number of benzene rings is 1. The first-order chi connectivity index (χ1) is 13.7. The molecule has 0 aliphatic carbocycles. The number of ether oxygens (including phenoxy) is 1. The van der Waals surface area contributed by atoms with Crippen LogP contribution in [0.3, 0.4) is 0 Å². The van der Waals surface area contributed by atoms with Gasteiger partial charge in [-0.3, -0.25) is 14.7 Å². The van der Waals surface area contributed by atoms with Crippen LogP contribution in [0.5, 0.6) is 0 Å². The van der Waals surface area contributed by atoms with Crippen LogP contribution in [0, 0.1) is 0 Å². The van der Waals surface area contributed by atoms with Crippen molar-refractivity contribution in [3.8, 4) is 0 Å². The summed E-state index contributed by atoms with van der Waals surface area (Å²) in [6.07, 6.45) is 0. The lowest BCUT2D eigenvalue weighted by Crippen LogP contribution is -2.46. The van der Waals surface area contributed by atoms with E-state index in [1.165, 1.54) is 4.88 Å². The quantitative estimate of drug-likeness (QED) is 0.484. The van der Waals surface area contributed by atoms with E-state index >= 15 is 0 Å². The van der Waals surface area contributed by atoms with E-state index in [4.69, 9.17) is 10.5 Å². The second-order valence-electron chi connectivity index (χ2n) is 6.55. The van der Waals surface area contributed by atoms with Gasteiger partial charge >= 0.3 is 0 Å². The number of thiophene rings is 1. The number of nitrogens with two attached hydrogens (primary N) is 1. The van der Waals surface area contributed by atoms with E-state index in [1.807, 2.05) is 12.1 Å². The highest BCUT2D eigenvalue weighted by atomic mass is 32.1. The number of hydrogen-bond donors (Lipinski definition) is 3. The van der Waals surface area contributed by atoms with Crippen LogP contribution >= 0.6 is 11.3 Å². The van der Waals surface area contributed by atoms with Gasteiger partial charge in [-0.2, -0.15) is 0 Å². The number of nitrogens with zero attached hydrogens (tertiary/aromatic N) is 2. The molecule has 1 saturated heterocycles. The molecule has 2 aromatic rings. The van der Waals surface area contributed by atoms with Crippen LogP contribution < -0.4 is 16.4 Å². The van der Waals surface area contributed by atoms with Crippen LogP contribution in [-0.2, 0) is 11.3 Å². The van der Waals surface area contributed by atoms with Crippen LogP contribution in [-0.4, -0.2) is 56.7 Å². The van der Waals surface area contributed by atoms with Crippen molar-refractivity contribution in [1.29, 1.82) is 0 Å². The zero-order chi connectivity index (χ0) is 19.8. The third-order valence-corrected chi connectivity index (χ3v) is 5.72. The molecule has 1 aromatic heterocycles. The molecule has 28 heavy (non-hydrogen) atoms. The minimum atomic E-state index is -0.417. The minimum Gasteiger partial charge on any atom is -0.379 e. The summed E-state index contributed by atoms with van der Waals surface area (Å²) in [4.78, 5) is 19.3. The number of aliphatic imine (C=N–C) groups is 1. The molecular weight excluding hydrogens is 374 g/mol. The molecule has 0 spiro atoms. The van der Waals surface area contributed by atoms with E-state index in [0.717, 1.165) is 44.4 Å². The van der Waals surface area contributed by atoms with Crippen molar-refractivity contribution in [2.75, 3.05) is 39.9 Å². The fourth-order valence-corrected chi connectivity index (χ4v) is 4.03. The van der Waals surface area contributed by atoms with Gasteiger partial charge in [0.1, 0.15) is 0 Å². The number of amides is 1. The van der Waals surface area contributed by atoms with E-state index in [9.17, 15) is 4.79 Å². The number of rotatable bonds is 7. The van der Waals surface area contributed by atoms with E-state index in [-0.39, 0.29) is 6.04 Å². The average Bonchev–Trinajstić information content (AvgIpc) is 3.26. The summed E-state index contributed by atoms with van der Waals surface area (Å²) in [6, 6.07) is 11.8. The van der Waals surface area contributed by atoms with Crippen LogP contribution in [0.15, 0.2) is 46.8 Å². The second-order valence-corrected chi connectivity index (χ2v) is 7.53. The predicted octanol–water partition coefficient (Wildman–Crippen LogP) is 1.59. The van der Waals surface area contributed by atoms with Gasteiger partial charge in [-0.25, -0.2) is 0 Å². The molecule has 1 aromatic carbocycles. The van der Waals surface area contributed by atoms with Crippen molar-refractivity contribution in [2.45, 2.75) is 12.6 Å². The summed E-state index contributed by atoms with van der Waals surface area (Å²) in [5, 5.41) is 8.88. The molecule has 8 heteroatoms. The number of guanidine groups is 1. The van der Waals surface area contributed by atoms with Crippen LogP contribution in [0.25, 0.3) is 0 Å². The van der Waals surface area contributed by atoms with Gasteiger partial charge in [-0.05, 0) is 29.1 Å². The molecule has 0 bridgehead atoms. The molecule has 4 N–H and O–H groups in total. The number of nitrogens with one attached hydrogen (secondary N) is 2. The summed E-state index contributed by atoms with van der Waals surface area (Å²) in [5.74, 6) is 0.327. The molecule has 3 rings (SSSR count). The molecule has 1 aliphatic heterocycles. The smallest absolute Gasteiger partial charge is 0.248 e. The Balaban J connectivity index is 1.56. The normalized spacial score (nSPS) is 16.5. The number of morpholine rings is 1. The Bertz CT molecular complexity index is 770. The van der Waals surface area contributed by atoms with E-state index in [0.29, 0.717) is 12.1 Å². The molecule has 1 unspecified atom stereocenters. The Labute approximate surface area is 169 Å². The Hall–Kier alpha value is -2.42.